The van der Waals surface area contributed by atoms with E-state index >= 15 is 0 Å². The molecule has 0 N–H and O–H groups in total. The second-order valence-corrected chi connectivity index (χ2v) is 6.42. The Morgan fingerprint density at radius 1 is 0.960 bits per heavy atom. The normalized spacial score (nSPS) is 16.5. The van der Waals surface area contributed by atoms with Gasteiger partial charge in [-0.15, -0.1) is 0 Å². The number of hydrogen-bond donors (Lipinski definition) is 0. The van der Waals surface area contributed by atoms with Gasteiger partial charge >= 0.3 is 0 Å². The zero-order valence-corrected chi connectivity index (χ0v) is 14.8. The summed E-state index contributed by atoms with van der Waals surface area (Å²) in [4.78, 5) is 29.2. The molecule has 130 valence electrons. The van der Waals surface area contributed by atoms with E-state index in [4.69, 9.17) is 0 Å². The minimum absolute atomic E-state index is 0.0133. The summed E-state index contributed by atoms with van der Waals surface area (Å²) in [6.07, 6.45) is 0.480. The second kappa shape index (κ2) is 7.51. The van der Waals surface area contributed by atoms with Crippen molar-refractivity contribution in [1.82, 2.24) is 0 Å². The van der Waals surface area contributed by atoms with Crippen molar-refractivity contribution in [3.63, 3.8) is 0 Å². The van der Waals surface area contributed by atoms with Gasteiger partial charge in [0.1, 0.15) is 0 Å². The highest BCUT2D eigenvalue weighted by Crippen LogP contribution is 2.35. The molecular weight excluding hydrogens is 312 g/mol. The van der Waals surface area contributed by atoms with Crippen LogP contribution in [0.2, 0.25) is 0 Å². The molecule has 1 heterocycles. The maximum Gasteiger partial charge on any atom is 0.227 e. The Morgan fingerprint density at radius 3 is 2.28 bits per heavy atom. The number of ketones is 1. The molecular formula is C21H24N2O2. The van der Waals surface area contributed by atoms with Gasteiger partial charge in [0.15, 0.2) is 5.78 Å². The van der Waals surface area contributed by atoms with Crippen molar-refractivity contribution >= 4 is 23.1 Å². The van der Waals surface area contributed by atoms with Gasteiger partial charge in [0.25, 0.3) is 0 Å². The van der Waals surface area contributed by atoms with Crippen molar-refractivity contribution < 1.29 is 9.59 Å². The first-order valence-electron chi connectivity index (χ1n) is 8.86. The van der Waals surface area contributed by atoms with Gasteiger partial charge in [0.05, 0.1) is 11.4 Å². The van der Waals surface area contributed by atoms with E-state index < -0.39 is 0 Å². The number of fused-ring (bicyclic) bond motifs is 1. The Morgan fingerprint density at radius 2 is 1.60 bits per heavy atom. The summed E-state index contributed by atoms with van der Waals surface area (Å²) >= 11 is 0. The van der Waals surface area contributed by atoms with E-state index in [1.54, 1.807) is 12.1 Å². The van der Waals surface area contributed by atoms with Crippen LogP contribution in [0.5, 0.6) is 0 Å². The second-order valence-electron chi connectivity index (χ2n) is 6.42. The molecule has 0 bridgehead atoms. The third-order valence-electron chi connectivity index (χ3n) is 4.76. The van der Waals surface area contributed by atoms with Crippen LogP contribution in [0.25, 0.3) is 0 Å². The summed E-state index contributed by atoms with van der Waals surface area (Å²) in [5, 5.41) is 0. The molecule has 0 aliphatic carbocycles. The molecule has 2 aromatic rings. The Hall–Kier alpha value is -2.62. The van der Waals surface area contributed by atoms with Crippen LogP contribution in [0.1, 0.15) is 37.0 Å². The number of carbonyl (C=O) groups excluding carboxylic acids is 2. The predicted molar refractivity (Wildman–Crippen MR) is 101 cm³/mol. The van der Waals surface area contributed by atoms with Crippen molar-refractivity contribution in [3.8, 4) is 0 Å². The van der Waals surface area contributed by atoms with Crippen LogP contribution in [0.15, 0.2) is 54.6 Å². The fraction of sp³-hybridized carbons (Fsp3) is 0.333. The SMILES string of the molecule is CCN1c2ccccc2N(C(=O)CCC(=O)c2ccccc2)CC1C. The Kier molecular flexibility index (Phi) is 5.17. The summed E-state index contributed by atoms with van der Waals surface area (Å²) in [6.45, 7) is 5.83. The molecule has 0 saturated carbocycles. The largest absolute Gasteiger partial charge is 0.366 e. The van der Waals surface area contributed by atoms with Crippen LogP contribution < -0.4 is 9.80 Å². The lowest BCUT2D eigenvalue weighted by Gasteiger charge is -2.42. The van der Waals surface area contributed by atoms with Crippen molar-refractivity contribution in [2.75, 3.05) is 22.9 Å². The molecule has 1 aliphatic rings. The standard InChI is InChI=1S/C21H24N2O2/c1-3-22-16(2)15-23(19-12-8-7-11-18(19)22)21(25)14-13-20(24)17-9-5-4-6-10-17/h4-12,16H,3,13-15H2,1-2H3. The number of Topliss-reactive ketones (excluding diaryl/α,β-unsaturated/α-hetero) is 1. The third kappa shape index (κ3) is 3.58. The lowest BCUT2D eigenvalue weighted by Crippen LogP contribution is -2.49. The highest BCUT2D eigenvalue weighted by atomic mass is 16.2. The Labute approximate surface area is 149 Å². The molecule has 4 nitrogen and oxygen atoms in total. The van der Waals surface area contributed by atoms with Gasteiger partial charge in [-0.2, -0.15) is 0 Å². The van der Waals surface area contributed by atoms with Crippen LogP contribution >= 0.6 is 0 Å². The number of rotatable bonds is 5. The van der Waals surface area contributed by atoms with Gasteiger partial charge in [-0.1, -0.05) is 42.5 Å². The summed E-state index contributed by atoms with van der Waals surface area (Å²) in [7, 11) is 0. The Bertz CT molecular complexity index is 758. The van der Waals surface area contributed by atoms with Gasteiger partial charge in [-0.3, -0.25) is 9.59 Å². The lowest BCUT2D eigenvalue weighted by atomic mass is 10.0. The third-order valence-corrected chi connectivity index (χ3v) is 4.76. The molecule has 1 amide bonds. The molecule has 1 unspecified atom stereocenters. The van der Waals surface area contributed by atoms with Crippen LogP contribution in [0.4, 0.5) is 11.4 Å². The number of hydrogen-bond acceptors (Lipinski definition) is 3. The molecule has 1 aliphatic heterocycles. The monoisotopic (exact) mass is 336 g/mol. The van der Waals surface area contributed by atoms with E-state index in [2.05, 4.69) is 24.8 Å². The average molecular weight is 336 g/mol. The van der Waals surface area contributed by atoms with E-state index in [1.807, 2.05) is 41.3 Å². The topological polar surface area (TPSA) is 40.6 Å². The number of carbonyl (C=O) groups is 2. The van der Waals surface area contributed by atoms with Crippen LogP contribution in [-0.4, -0.2) is 30.8 Å². The molecule has 2 aromatic carbocycles. The first kappa shape index (κ1) is 17.2. The maximum absolute atomic E-state index is 12.8. The molecule has 1 atom stereocenters. The summed E-state index contributed by atoms with van der Waals surface area (Å²) in [5.74, 6) is 0.0295. The summed E-state index contributed by atoms with van der Waals surface area (Å²) in [5.41, 5.74) is 2.70. The fourth-order valence-electron chi connectivity index (χ4n) is 3.48. The van der Waals surface area contributed by atoms with E-state index in [1.165, 1.54) is 0 Å². The molecule has 4 heteroatoms. The number of para-hydroxylation sites is 2. The molecule has 25 heavy (non-hydrogen) atoms. The van der Waals surface area contributed by atoms with E-state index in [9.17, 15) is 9.59 Å². The molecule has 0 saturated heterocycles. The van der Waals surface area contributed by atoms with Crippen LogP contribution in [-0.2, 0) is 4.79 Å². The van der Waals surface area contributed by atoms with Crippen molar-refractivity contribution in [3.05, 3.63) is 60.2 Å². The van der Waals surface area contributed by atoms with Crippen LogP contribution in [0, 0.1) is 0 Å². The molecule has 0 fully saturated rings. The maximum atomic E-state index is 12.8. The fourth-order valence-corrected chi connectivity index (χ4v) is 3.48. The van der Waals surface area contributed by atoms with Gasteiger partial charge < -0.3 is 9.80 Å². The van der Waals surface area contributed by atoms with E-state index in [-0.39, 0.29) is 30.6 Å². The van der Waals surface area contributed by atoms with E-state index in [0.29, 0.717) is 12.1 Å². The molecule has 0 spiro atoms. The first-order valence-corrected chi connectivity index (χ1v) is 8.86. The van der Waals surface area contributed by atoms with Gasteiger partial charge in [-0.25, -0.2) is 0 Å². The highest BCUT2D eigenvalue weighted by molar-refractivity contribution is 6.02. The Balaban J connectivity index is 1.73. The minimum atomic E-state index is 0.0133. The number of nitrogens with zero attached hydrogens (tertiary/aromatic N) is 2. The lowest BCUT2D eigenvalue weighted by molar-refractivity contribution is -0.118. The average Bonchev–Trinajstić information content (AvgIpc) is 2.66. The summed E-state index contributed by atoms with van der Waals surface area (Å²) < 4.78 is 0. The van der Waals surface area contributed by atoms with Gasteiger partial charge in [0.2, 0.25) is 5.91 Å². The zero-order valence-electron chi connectivity index (χ0n) is 14.8. The first-order chi connectivity index (χ1) is 12.1. The van der Waals surface area contributed by atoms with Gasteiger partial charge in [-0.05, 0) is 26.0 Å². The predicted octanol–water partition coefficient (Wildman–Crippen LogP) is 3.91. The molecule has 0 radical (unpaired) electrons. The minimum Gasteiger partial charge on any atom is -0.366 e. The number of amides is 1. The zero-order chi connectivity index (χ0) is 17.8. The number of benzene rings is 2. The smallest absolute Gasteiger partial charge is 0.227 e. The summed E-state index contributed by atoms with van der Waals surface area (Å²) in [6, 6.07) is 17.4. The van der Waals surface area contributed by atoms with Gasteiger partial charge in [0, 0.05) is 37.5 Å². The highest BCUT2D eigenvalue weighted by Gasteiger charge is 2.30. The van der Waals surface area contributed by atoms with Crippen molar-refractivity contribution in [2.24, 2.45) is 0 Å². The number of anilines is 2. The van der Waals surface area contributed by atoms with Crippen molar-refractivity contribution in [2.45, 2.75) is 32.7 Å². The number of likely N-dealkylation sites (N-methyl/N-ethyl adjacent to an activating group) is 1. The molecule has 0 aromatic heterocycles. The van der Waals surface area contributed by atoms with E-state index in [0.717, 1.165) is 17.9 Å². The quantitative estimate of drug-likeness (QED) is 0.777. The van der Waals surface area contributed by atoms with Crippen LogP contribution in [0.3, 0.4) is 0 Å². The molecule has 3 rings (SSSR count). The van der Waals surface area contributed by atoms with Crippen molar-refractivity contribution in [1.29, 1.82) is 0 Å².